The molecule has 0 spiro atoms. The van der Waals surface area contributed by atoms with E-state index in [9.17, 15) is 9.59 Å². The lowest BCUT2D eigenvalue weighted by molar-refractivity contribution is -0.120. The summed E-state index contributed by atoms with van der Waals surface area (Å²) in [5, 5.41) is 2.87. The number of hydrogen-bond acceptors (Lipinski definition) is 4. The van der Waals surface area contributed by atoms with Crippen molar-refractivity contribution in [2.45, 2.75) is 26.7 Å². The molecule has 1 heterocycles. The number of carbonyl (C=O) groups excluding carboxylic acids is 2. The van der Waals surface area contributed by atoms with E-state index in [0.717, 1.165) is 18.8 Å². The second-order valence-corrected chi connectivity index (χ2v) is 6.80. The molecular formula is C22H27N3O3. The van der Waals surface area contributed by atoms with Gasteiger partial charge >= 0.3 is 0 Å². The number of benzene rings is 2. The lowest BCUT2D eigenvalue weighted by Crippen LogP contribution is -2.37. The number of para-hydroxylation sites is 2. The number of rotatable bonds is 7. The van der Waals surface area contributed by atoms with Gasteiger partial charge in [0, 0.05) is 31.4 Å². The van der Waals surface area contributed by atoms with Crippen molar-refractivity contribution in [3.63, 3.8) is 0 Å². The second kappa shape index (κ2) is 9.26. The zero-order valence-electron chi connectivity index (χ0n) is 16.5. The van der Waals surface area contributed by atoms with E-state index in [0.29, 0.717) is 18.0 Å². The van der Waals surface area contributed by atoms with Gasteiger partial charge in [-0.1, -0.05) is 12.1 Å². The maximum Gasteiger partial charge on any atom is 0.244 e. The molecular weight excluding hydrogens is 354 g/mol. The molecule has 3 rings (SSSR count). The Morgan fingerprint density at radius 2 is 1.75 bits per heavy atom. The van der Waals surface area contributed by atoms with E-state index >= 15 is 0 Å². The van der Waals surface area contributed by atoms with Gasteiger partial charge in [-0.05, 0) is 56.2 Å². The standard InChI is InChI=1S/C22H27N3O3/c1-3-28-21-9-5-4-8-20(21)25(17(2)26)16-22(27)23-18-10-12-19(13-11-18)24-14-6-7-15-24/h4-5,8-13H,3,6-7,14-16H2,1-2H3,(H,23,27). The van der Waals surface area contributed by atoms with E-state index in [-0.39, 0.29) is 18.4 Å². The van der Waals surface area contributed by atoms with Crippen molar-refractivity contribution in [3.05, 3.63) is 48.5 Å². The Morgan fingerprint density at radius 1 is 1.07 bits per heavy atom. The highest BCUT2D eigenvalue weighted by Gasteiger charge is 2.19. The molecule has 2 aromatic rings. The van der Waals surface area contributed by atoms with Crippen LogP contribution in [0.1, 0.15) is 26.7 Å². The summed E-state index contributed by atoms with van der Waals surface area (Å²) < 4.78 is 5.60. The Kier molecular flexibility index (Phi) is 6.53. The van der Waals surface area contributed by atoms with Gasteiger partial charge in [-0.2, -0.15) is 0 Å². The van der Waals surface area contributed by atoms with Crippen LogP contribution in [0, 0.1) is 0 Å². The summed E-state index contributed by atoms with van der Waals surface area (Å²) in [6.45, 7) is 5.90. The maximum absolute atomic E-state index is 12.6. The minimum atomic E-state index is -0.254. The molecule has 1 aliphatic rings. The van der Waals surface area contributed by atoms with Crippen LogP contribution in [0.25, 0.3) is 0 Å². The zero-order valence-corrected chi connectivity index (χ0v) is 16.5. The largest absolute Gasteiger partial charge is 0.492 e. The first-order valence-electron chi connectivity index (χ1n) is 9.73. The van der Waals surface area contributed by atoms with E-state index in [1.165, 1.54) is 30.4 Å². The van der Waals surface area contributed by atoms with Crippen LogP contribution in [0.3, 0.4) is 0 Å². The van der Waals surface area contributed by atoms with E-state index in [1.807, 2.05) is 43.3 Å². The molecule has 2 aromatic carbocycles. The molecule has 0 unspecified atom stereocenters. The molecule has 1 N–H and O–H groups in total. The van der Waals surface area contributed by atoms with Crippen molar-refractivity contribution in [1.29, 1.82) is 0 Å². The number of nitrogens with zero attached hydrogens (tertiary/aromatic N) is 2. The predicted molar refractivity (Wildman–Crippen MR) is 112 cm³/mol. The third-order valence-electron chi connectivity index (χ3n) is 4.76. The summed E-state index contributed by atoms with van der Waals surface area (Å²) in [6, 6.07) is 15.1. The lowest BCUT2D eigenvalue weighted by Gasteiger charge is -2.23. The fraction of sp³-hybridized carbons (Fsp3) is 0.364. The van der Waals surface area contributed by atoms with Crippen molar-refractivity contribution in [2.75, 3.05) is 41.4 Å². The van der Waals surface area contributed by atoms with Gasteiger partial charge in [-0.3, -0.25) is 14.5 Å². The second-order valence-electron chi connectivity index (χ2n) is 6.80. The summed E-state index contributed by atoms with van der Waals surface area (Å²) in [6.07, 6.45) is 2.45. The van der Waals surface area contributed by atoms with Gasteiger partial charge < -0.3 is 15.0 Å². The molecule has 0 radical (unpaired) electrons. The van der Waals surface area contributed by atoms with Crippen LogP contribution < -0.4 is 19.9 Å². The summed E-state index contributed by atoms with van der Waals surface area (Å²) >= 11 is 0. The highest BCUT2D eigenvalue weighted by Crippen LogP contribution is 2.28. The van der Waals surface area contributed by atoms with Crippen molar-refractivity contribution in [3.8, 4) is 5.75 Å². The summed E-state index contributed by atoms with van der Waals surface area (Å²) in [4.78, 5) is 28.5. The molecule has 2 amide bonds. The third kappa shape index (κ3) is 4.82. The smallest absolute Gasteiger partial charge is 0.244 e. The highest BCUT2D eigenvalue weighted by atomic mass is 16.5. The SMILES string of the molecule is CCOc1ccccc1N(CC(=O)Nc1ccc(N2CCCC2)cc1)C(C)=O. The molecule has 1 aliphatic heterocycles. The first-order chi connectivity index (χ1) is 13.6. The van der Waals surface area contributed by atoms with Crippen molar-refractivity contribution in [1.82, 2.24) is 0 Å². The van der Waals surface area contributed by atoms with E-state index < -0.39 is 0 Å². The van der Waals surface area contributed by atoms with Gasteiger partial charge in [0.25, 0.3) is 0 Å². The normalized spacial score (nSPS) is 13.3. The fourth-order valence-corrected chi connectivity index (χ4v) is 3.40. The number of carbonyl (C=O) groups is 2. The molecule has 0 aliphatic carbocycles. The topological polar surface area (TPSA) is 61.9 Å². The summed E-state index contributed by atoms with van der Waals surface area (Å²) in [5.74, 6) is 0.116. The average Bonchev–Trinajstić information content (AvgIpc) is 3.22. The van der Waals surface area contributed by atoms with Crippen LogP contribution in [-0.4, -0.2) is 38.1 Å². The van der Waals surface area contributed by atoms with Crippen LogP contribution in [0.5, 0.6) is 5.75 Å². The predicted octanol–water partition coefficient (Wildman–Crippen LogP) is 3.68. The number of anilines is 3. The molecule has 1 fully saturated rings. The molecule has 28 heavy (non-hydrogen) atoms. The molecule has 0 atom stereocenters. The number of ether oxygens (including phenoxy) is 1. The Labute approximate surface area is 166 Å². The lowest BCUT2D eigenvalue weighted by atomic mass is 10.2. The Morgan fingerprint density at radius 3 is 2.39 bits per heavy atom. The van der Waals surface area contributed by atoms with Crippen LogP contribution in [0.15, 0.2) is 48.5 Å². The third-order valence-corrected chi connectivity index (χ3v) is 4.76. The summed E-state index contributed by atoms with van der Waals surface area (Å²) in [5.41, 5.74) is 2.48. The maximum atomic E-state index is 12.6. The van der Waals surface area contributed by atoms with Crippen molar-refractivity contribution < 1.29 is 14.3 Å². The van der Waals surface area contributed by atoms with Crippen LogP contribution >= 0.6 is 0 Å². The minimum Gasteiger partial charge on any atom is -0.492 e. The van der Waals surface area contributed by atoms with Gasteiger partial charge in [0.15, 0.2) is 0 Å². The molecule has 0 aromatic heterocycles. The Bertz CT molecular complexity index is 814. The molecule has 6 nitrogen and oxygen atoms in total. The number of hydrogen-bond donors (Lipinski definition) is 1. The first-order valence-corrected chi connectivity index (χ1v) is 9.73. The molecule has 6 heteroatoms. The highest BCUT2D eigenvalue weighted by molar-refractivity contribution is 6.02. The number of amides is 2. The van der Waals surface area contributed by atoms with Crippen molar-refractivity contribution in [2.24, 2.45) is 0 Å². The van der Waals surface area contributed by atoms with Crippen LogP contribution in [0.4, 0.5) is 17.1 Å². The van der Waals surface area contributed by atoms with Crippen molar-refractivity contribution >= 4 is 28.9 Å². The van der Waals surface area contributed by atoms with Gasteiger partial charge in [-0.15, -0.1) is 0 Å². The fourth-order valence-electron chi connectivity index (χ4n) is 3.40. The zero-order chi connectivity index (χ0) is 19.9. The monoisotopic (exact) mass is 381 g/mol. The van der Waals surface area contributed by atoms with E-state index in [1.54, 1.807) is 12.1 Å². The first kappa shape index (κ1) is 19.7. The van der Waals surface area contributed by atoms with Crippen LogP contribution in [-0.2, 0) is 9.59 Å². The van der Waals surface area contributed by atoms with Gasteiger partial charge in [-0.25, -0.2) is 0 Å². The Hall–Kier alpha value is -3.02. The minimum absolute atomic E-state index is 0.0761. The van der Waals surface area contributed by atoms with Gasteiger partial charge in [0.2, 0.25) is 11.8 Å². The average molecular weight is 381 g/mol. The molecule has 148 valence electrons. The quantitative estimate of drug-likeness (QED) is 0.795. The Balaban J connectivity index is 1.67. The molecule has 1 saturated heterocycles. The molecule has 0 bridgehead atoms. The summed E-state index contributed by atoms with van der Waals surface area (Å²) in [7, 11) is 0. The van der Waals surface area contributed by atoms with Crippen LogP contribution in [0.2, 0.25) is 0 Å². The molecule has 0 saturated carbocycles. The van der Waals surface area contributed by atoms with Gasteiger partial charge in [0.1, 0.15) is 12.3 Å². The number of nitrogens with one attached hydrogen (secondary N) is 1. The van der Waals surface area contributed by atoms with E-state index in [2.05, 4.69) is 10.2 Å². The van der Waals surface area contributed by atoms with Gasteiger partial charge in [0.05, 0.1) is 12.3 Å². The van der Waals surface area contributed by atoms with E-state index in [4.69, 9.17) is 4.74 Å².